The molecular weight excluding hydrogens is 399 g/mol. The van der Waals surface area contributed by atoms with Crippen molar-refractivity contribution in [3.63, 3.8) is 0 Å². The van der Waals surface area contributed by atoms with E-state index in [0.29, 0.717) is 34.2 Å². The Morgan fingerprint density at radius 1 is 0.885 bits per heavy atom. The molecule has 0 aliphatic carbocycles. The highest BCUT2D eigenvalue weighted by molar-refractivity contribution is 8.04. The summed E-state index contributed by atoms with van der Waals surface area (Å²) >= 11 is 1.99. The van der Waals surface area contributed by atoms with Crippen LogP contribution in [0.5, 0.6) is 0 Å². The van der Waals surface area contributed by atoms with Crippen molar-refractivity contribution in [2.24, 2.45) is 0 Å². The van der Waals surface area contributed by atoms with E-state index in [2.05, 4.69) is 10.6 Å². The Kier molecular flexibility index (Phi) is 4.55. The van der Waals surface area contributed by atoms with Gasteiger partial charge < -0.3 is 10.6 Å². The molecule has 11 heteroatoms. The first-order valence-electron chi connectivity index (χ1n) is 6.98. The highest BCUT2D eigenvalue weighted by Crippen LogP contribution is 2.50. The van der Waals surface area contributed by atoms with Gasteiger partial charge in [-0.2, -0.15) is 22.0 Å². The van der Waals surface area contributed by atoms with E-state index >= 15 is 0 Å². The van der Waals surface area contributed by atoms with Gasteiger partial charge in [0, 0.05) is 28.9 Å². The second-order valence-electron chi connectivity index (χ2n) is 5.43. The number of anilines is 2. The molecule has 0 aromatic heterocycles. The Balaban J connectivity index is 1.78. The van der Waals surface area contributed by atoms with Gasteiger partial charge in [0.2, 0.25) is 5.78 Å². The van der Waals surface area contributed by atoms with Crippen LogP contribution in [0.15, 0.2) is 44.1 Å². The molecule has 2 N–H and O–H groups in total. The van der Waals surface area contributed by atoms with Crippen molar-refractivity contribution in [3.05, 3.63) is 34.3 Å². The number of thioether (sulfide) groups is 2. The fourth-order valence-electron chi connectivity index (χ4n) is 2.06. The zero-order valence-corrected chi connectivity index (χ0v) is 14.5. The number of ketones is 2. The van der Waals surface area contributed by atoms with E-state index in [4.69, 9.17) is 0 Å². The summed E-state index contributed by atoms with van der Waals surface area (Å²) in [4.78, 5) is 23.6. The number of nitrogens with one attached hydrogen (secondary N) is 2. The second kappa shape index (κ2) is 6.31. The van der Waals surface area contributed by atoms with Gasteiger partial charge in [-0.25, -0.2) is 0 Å². The largest absolute Gasteiger partial charge is 0.454 e. The number of hydrogen-bond donors (Lipinski definition) is 2. The van der Waals surface area contributed by atoms with Gasteiger partial charge in [0.05, 0.1) is 21.4 Å². The molecule has 138 valence electrons. The highest BCUT2D eigenvalue weighted by Gasteiger charge is 2.37. The van der Waals surface area contributed by atoms with Crippen molar-refractivity contribution < 1.29 is 31.5 Å². The van der Waals surface area contributed by atoms with Crippen LogP contribution in [0.3, 0.4) is 0 Å². The maximum absolute atomic E-state index is 13.0. The van der Waals surface area contributed by atoms with Gasteiger partial charge in [-0.1, -0.05) is 23.5 Å². The van der Waals surface area contributed by atoms with Crippen LogP contribution in [0.1, 0.15) is 6.92 Å². The molecular formula is C15H9F5N2O2S2. The zero-order chi connectivity index (χ0) is 19.3. The van der Waals surface area contributed by atoms with Crippen LogP contribution in [0.4, 0.5) is 33.3 Å². The van der Waals surface area contributed by atoms with Gasteiger partial charge in [0.25, 0.3) is 5.78 Å². The molecule has 0 amide bonds. The van der Waals surface area contributed by atoms with Crippen molar-refractivity contribution in [1.82, 2.24) is 0 Å². The van der Waals surface area contributed by atoms with Gasteiger partial charge in [-0.05, 0) is 12.1 Å². The number of halogens is 5. The average Bonchev–Trinajstić information content (AvgIpc) is 3.03. The molecule has 2 heterocycles. The molecule has 3 rings (SSSR count). The van der Waals surface area contributed by atoms with Crippen molar-refractivity contribution in [3.8, 4) is 0 Å². The molecule has 26 heavy (non-hydrogen) atoms. The molecule has 0 bridgehead atoms. The summed E-state index contributed by atoms with van der Waals surface area (Å²) in [6.07, 6.45) is -3.66. The van der Waals surface area contributed by atoms with E-state index in [1.807, 2.05) is 0 Å². The summed E-state index contributed by atoms with van der Waals surface area (Å²) in [5, 5.41) is 5.77. The van der Waals surface area contributed by atoms with Crippen LogP contribution in [0, 0.1) is 0 Å². The lowest BCUT2D eigenvalue weighted by atomic mass is 10.2. The molecule has 0 saturated heterocycles. The lowest BCUT2D eigenvalue weighted by Crippen LogP contribution is -2.22. The number of alkyl halides is 5. The summed E-state index contributed by atoms with van der Waals surface area (Å²) < 4.78 is 62.9. The van der Waals surface area contributed by atoms with Gasteiger partial charge in [0.1, 0.15) is 0 Å². The number of carbonyl (C=O) groups is 2. The predicted octanol–water partition coefficient (Wildman–Crippen LogP) is 4.76. The molecule has 0 radical (unpaired) electrons. The Morgan fingerprint density at radius 2 is 1.31 bits per heavy atom. The van der Waals surface area contributed by atoms with Gasteiger partial charge in [-0.3, -0.25) is 9.59 Å². The first kappa shape index (κ1) is 18.8. The normalized spacial score (nSPS) is 19.2. The molecule has 1 aromatic carbocycles. The fourth-order valence-corrected chi connectivity index (χ4v) is 3.98. The van der Waals surface area contributed by atoms with E-state index in [1.165, 1.54) is 0 Å². The monoisotopic (exact) mass is 408 g/mol. The summed E-state index contributed by atoms with van der Waals surface area (Å²) in [5.74, 6) is -6.78. The van der Waals surface area contributed by atoms with Crippen LogP contribution >= 0.6 is 23.5 Å². The van der Waals surface area contributed by atoms with E-state index in [0.717, 1.165) is 29.6 Å². The highest BCUT2D eigenvalue weighted by atomic mass is 32.2. The van der Waals surface area contributed by atoms with E-state index < -0.39 is 23.7 Å². The van der Waals surface area contributed by atoms with Crippen LogP contribution in [0.25, 0.3) is 0 Å². The minimum absolute atomic E-state index is 0.0348. The number of hydrogen-bond acceptors (Lipinski definition) is 6. The SMILES string of the molecule is CC(F)(F)C(=O)/C=C1\Nc2cc3c(cc2S1)N/C(=C\C(=O)C(F)(F)F)S3. The molecule has 0 fully saturated rings. The van der Waals surface area contributed by atoms with Crippen molar-refractivity contribution in [2.45, 2.75) is 28.8 Å². The van der Waals surface area contributed by atoms with Gasteiger partial charge in [-0.15, -0.1) is 0 Å². The zero-order valence-electron chi connectivity index (χ0n) is 12.8. The van der Waals surface area contributed by atoms with E-state index in [-0.39, 0.29) is 10.1 Å². The third-order valence-electron chi connectivity index (χ3n) is 3.27. The molecule has 0 spiro atoms. The number of rotatable bonds is 3. The van der Waals surface area contributed by atoms with Crippen molar-refractivity contribution >= 4 is 46.5 Å². The predicted molar refractivity (Wildman–Crippen MR) is 88.3 cm³/mol. The smallest absolute Gasteiger partial charge is 0.349 e. The number of benzene rings is 1. The Hall–Kier alpha value is -2.01. The van der Waals surface area contributed by atoms with Gasteiger partial charge >= 0.3 is 12.1 Å². The number of carbonyl (C=O) groups excluding carboxylic acids is 2. The lowest BCUT2D eigenvalue weighted by Gasteiger charge is -2.05. The summed E-state index contributed by atoms with van der Waals surface area (Å²) in [6.45, 7) is 0.504. The minimum Gasteiger partial charge on any atom is -0.349 e. The van der Waals surface area contributed by atoms with Crippen LogP contribution in [-0.4, -0.2) is 23.7 Å². The molecule has 2 aliphatic heterocycles. The first-order valence-corrected chi connectivity index (χ1v) is 8.61. The summed E-state index contributed by atoms with van der Waals surface area (Å²) in [5.41, 5.74) is 1.02. The van der Waals surface area contributed by atoms with Crippen molar-refractivity contribution in [1.29, 1.82) is 0 Å². The molecule has 2 aliphatic rings. The molecule has 0 saturated carbocycles. The molecule has 4 nitrogen and oxygen atoms in total. The van der Waals surface area contributed by atoms with Crippen LogP contribution in [-0.2, 0) is 9.59 Å². The Labute approximate surface area is 152 Å². The van der Waals surface area contributed by atoms with Crippen LogP contribution < -0.4 is 10.6 Å². The summed E-state index contributed by atoms with van der Waals surface area (Å²) in [7, 11) is 0. The first-order chi connectivity index (χ1) is 11.9. The average molecular weight is 408 g/mol. The molecule has 1 aromatic rings. The number of fused-ring (bicyclic) bond motifs is 2. The maximum atomic E-state index is 13.0. The third kappa shape index (κ3) is 3.88. The Bertz CT molecular complexity index is 766. The standard InChI is InChI=1S/C15H9F5N2O2S2/c1-14(16,17)10(23)4-12-21-6-2-9-7(3-8(6)25-12)22-13(26-9)5-11(24)15(18,19)20/h2-5,21-22H,1H3/b12-4+,13-5+. The topological polar surface area (TPSA) is 58.2 Å². The van der Waals surface area contributed by atoms with Crippen molar-refractivity contribution in [2.75, 3.05) is 10.6 Å². The lowest BCUT2D eigenvalue weighted by molar-refractivity contribution is -0.165. The van der Waals surface area contributed by atoms with E-state index in [1.54, 1.807) is 12.1 Å². The quantitative estimate of drug-likeness (QED) is 0.556. The minimum atomic E-state index is -4.95. The fraction of sp³-hybridized carbons (Fsp3) is 0.200. The second-order valence-corrected chi connectivity index (χ2v) is 7.60. The number of allylic oxidation sites excluding steroid dienone is 2. The van der Waals surface area contributed by atoms with Gasteiger partial charge in [0.15, 0.2) is 0 Å². The molecule has 0 unspecified atom stereocenters. The molecule has 0 atom stereocenters. The van der Waals surface area contributed by atoms with E-state index in [9.17, 15) is 31.5 Å². The summed E-state index contributed by atoms with van der Waals surface area (Å²) in [6, 6.07) is 3.20. The Morgan fingerprint density at radius 3 is 1.69 bits per heavy atom. The van der Waals surface area contributed by atoms with Crippen LogP contribution in [0.2, 0.25) is 0 Å². The maximum Gasteiger partial charge on any atom is 0.454 e. The third-order valence-corrected chi connectivity index (χ3v) is 5.27.